The fraction of sp³-hybridized carbons (Fsp3) is 0.947. The Morgan fingerprint density at radius 1 is 1.17 bits per heavy atom. The van der Waals surface area contributed by atoms with Gasteiger partial charge in [-0.2, -0.15) is 0 Å². The van der Waals surface area contributed by atoms with Crippen molar-refractivity contribution in [3.05, 3.63) is 0 Å². The van der Waals surface area contributed by atoms with Crippen LogP contribution >= 0.6 is 0 Å². The van der Waals surface area contributed by atoms with Crippen molar-refractivity contribution in [2.24, 2.45) is 28.6 Å². The number of carbonyl (C=O) groups is 1. The van der Waals surface area contributed by atoms with Gasteiger partial charge in [0, 0.05) is 23.7 Å². The summed E-state index contributed by atoms with van der Waals surface area (Å²) in [5.41, 5.74) is -1.14. The molecule has 0 aromatic carbocycles. The lowest BCUT2D eigenvalue weighted by atomic mass is 9.43. The first-order chi connectivity index (χ1) is 10.9. The first-order valence-electron chi connectivity index (χ1n) is 9.46. The van der Waals surface area contributed by atoms with E-state index >= 15 is 0 Å². The van der Waals surface area contributed by atoms with E-state index in [1.54, 1.807) is 0 Å². The first-order valence-corrected chi connectivity index (χ1v) is 9.46. The summed E-state index contributed by atoms with van der Waals surface area (Å²) >= 11 is 0. The molecule has 0 aromatic rings. The molecule has 2 N–H and O–H groups in total. The van der Waals surface area contributed by atoms with Crippen molar-refractivity contribution < 1.29 is 19.7 Å². The van der Waals surface area contributed by atoms with Crippen molar-refractivity contribution in [3.63, 3.8) is 0 Å². The van der Waals surface area contributed by atoms with Crippen molar-refractivity contribution >= 4 is 5.78 Å². The molecule has 5 aliphatic rings. The number of ketones is 1. The van der Waals surface area contributed by atoms with Crippen LogP contribution in [0.25, 0.3) is 0 Å². The lowest BCUT2D eigenvalue weighted by Crippen LogP contribution is -2.66. The number of aliphatic hydroxyl groups excluding tert-OH is 1. The second-order valence-electron chi connectivity index (χ2n) is 9.31. The molecule has 0 aromatic heterocycles. The summed E-state index contributed by atoms with van der Waals surface area (Å²) in [6, 6.07) is 0. The molecule has 2 bridgehead atoms. The maximum atomic E-state index is 12.5. The van der Waals surface area contributed by atoms with Crippen LogP contribution in [0.4, 0.5) is 0 Å². The molecule has 5 rings (SSSR count). The number of fused-ring (bicyclic) bond motifs is 3. The van der Waals surface area contributed by atoms with E-state index in [0.29, 0.717) is 36.6 Å². The molecule has 4 aliphatic carbocycles. The smallest absolute Gasteiger partial charge is 0.139 e. The van der Waals surface area contributed by atoms with Gasteiger partial charge in [-0.25, -0.2) is 0 Å². The molecule has 5 fully saturated rings. The Kier molecular flexibility index (Phi) is 2.83. The summed E-state index contributed by atoms with van der Waals surface area (Å²) in [6.07, 6.45) is 6.26. The molecule has 1 saturated heterocycles. The number of ether oxygens (including phenoxy) is 1. The van der Waals surface area contributed by atoms with Gasteiger partial charge in [0.1, 0.15) is 11.4 Å². The molecule has 0 radical (unpaired) electrons. The van der Waals surface area contributed by atoms with Gasteiger partial charge in [0.15, 0.2) is 0 Å². The fourth-order valence-corrected chi connectivity index (χ4v) is 7.54. The van der Waals surface area contributed by atoms with E-state index in [2.05, 4.69) is 6.92 Å². The Morgan fingerprint density at radius 2 is 2.00 bits per heavy atom. The van der Waals surface area contributed by atoms with Crippen LogP contribution in [0.1, 0.15) is 58.3 Å². The number of carbonyl (C=O) groups excluding carboxylic acids is 1. The Balaban J connectivity index is 1.56. The Morgan fingerprint density at radius 3 is 2.83 bits per heavy atom. The number of hydrogen-bond donors (Lipinski definition) is 2. The van der Waals surface area contributed by atoms with E-state index in [1.807, 2.05) is 0 Å². The average molecular weight is 320 g/mol. The van der Waals surface area contributed by atoms with Crippen molar-refractivity contribution in [2.75, 3.05) is 6.61 Å². The zero-order chi connectivity index (χ0) is 16.0. The van der Waals surface area contributed by atoms with E-state index in [-0.39, 0.29) is 16.9 Å². The van der Waals surface area contributed by atoms with Crippen molar-refractivity contribution in [1.29, 1.82) is 0 Å². The molecule has 8 atom stereocenters. The first kappa shape index (κ1) is 14.9. The van der Waals surface area contributed by atoms with Crippen molar-refractivity contribution in [1.82, 2.24) is 0 Å². The van der Waals surface area contributed by atoms with Gasteiger partial charge in [-0.3, -0.25) is 4.79 Å². The third kappa shape index (κ3) is 1.56. The van der Waals surface area contributed by atoms with Gasteiger partial charge >= 0.3 is 0 Å². The van der Waals surface area contributed by atoms with Crippen LogP contribution in [0.5, 0.6) is 0 Å². The van der Waals surface area contributed by atoms with Crippen LogP contribution in [-0.4, -0.2) is 40.4 Å². The second-order valence-corrected chi connectivity index (χ2v) is 9.31. The highest BCUT2D eigenvalue weighted by atomic mass is 16.5. The molecule has 0 spiro atoms. The predicted octanol–water partition coefficient (Wildman–Crippen LogP) is 2.06. The second kappa shape index (κ2) is 4.39. The largest absolute Gasteiger partial charge is 0.393 e. The molecule has 1 aliphatic heterocycles. The molecular weight excluding hydrogens is 292 g/mol. The maximum Gasteiger partial charge on any atom is 0.139 e. The molecular formula is C19H28O4. The highest BCUT2D eigenvalue weighted by Crippen LogP contribution is 2.69. The minimum atomic E-state index is -0.845. The summed E-state index contributed by atoms with van der Waals surface area (Å²) in [7, 11) is 0. The Labute approximate surface area is 137 Å². The van der Waals surface area contributed by atoms with Crippen LogP contribution in [0.2, 0.25) is 0 Å². The van der Waals surface area contributed by atoms with Gasteiger partial charge in [-0.1, -0.05) is 6.92 Å². The van der Waals surface area contributed by atoms with Crippen LogP contribution in [0.3, 0.4) is 0 Å². The zero-order valence-electron chi connectivity index (χ0n) is 14.0. The van der Waals surface area contributed by atoms with Crippen LogP contribution in [0.15, 0.2) is 0 Å². The number of rotatable bonds is 0. The summed E-state index contributed by atoms with van der Waals surface area (Å²) in [4.78, 5) is 12.5. The molecule has 128 valence electrons. The van der Waals surface area contributed by atoms with Gasteiger partial charge in [0.25, 0.3) is 0 Å². The molecule has 4 saturated carbocycles. The Bertz CT molecular complexity index is 562. The number of aliphatic hydroxyl groups is 2. The van der Waals surface area contributed by atoms with Crippen LogP contribution < -0.4 is 0 Å². The monoisotopic (exact) mass is 320 g/mol. The van der Waals surface area contributed by atoms with Gasteiger partial charge in [0.05, 0.1) is 18.8 Å². The Hall–Kier alpha value is -0.450. The molecule has 0 unspecified atom stereocenters. The zero-order valence-corrected chi connectivity index (χ0v) is 14.0. The molecule has 4 nitrogen and oxygen atoms in total. The fourth-order valence-electron chi connectivity index (χ4n) is 7.54. The minimum Gasteiger partial charge on any atom is -0.393 e. The van der Waals surface area contributed by atoms with E-state index < -0.39 is 11.7 Å². The average Bonchev–Trinajstić information content (AvgIpc) is 2.88. The highest BCUT2D eigenvalue weighted by Gasteiger charge is 2.72. The lowest BCUT2D eigenvalue weighted by molar-refractivity contribution is -0.211. The SMILES string of the molecule is C[C@]12CC[C@H]3[C@@H](C[C@H]4OC[C@@]35CC[C@H](O)C[C@]45O)[C@@H]1CCC2=O. The molecule has 23 heavy (non-hydrogen) atoms. The summed E-state index contributed by atoms with van der Waals surface area (Å²) in [5, 5.41) is 21.6. The summed E-state index contributed by atoms with van der Waals surface area (Å²) < 4.78 is 6.12. The van der Waals surface area contributed by atoms with Crippen molar-refractivity contribution in [2.45, 2.75) is 76.1 Å². The topological polar surface area (TPSA) is 66.8 Å². The number of hydrogen-bond acceptors (Lipinski definition) is 4. The summed E-state index contributed by atoms with van der Waals surface area (Å²) in [6.45, 7) is 2.84. The normalized spacial score (nSPS) is 61.0. The lowest BCUT2D eigenvalue weighted by Gasteiger charge is -2.61. The highest BCUT2D eigenvalue weighted by molar-refractivity contribution is 5.87. The number of Topliss-reactive ketones (excluding diaryl/α,β-unsaturated/α-hetero) is 1. The molecule has 0 amide bonds. The van der Waals surface area contributed by atoms with E-state index in [4.69, 9.17) is 4.74 Å². The third-order valence-electron chi connectivity index (χ3n) is 8.75. The van der Waals surface area contributed by atoms with Crippen LogP contribution in [0, 0.1) is 28.6 Å². The third-order valence-corrected chi connectivity index (χ3v) is 8.75. The van der Waals surface area contributed by atoms with E-state index in [9.17, 15) is 15.0 Å². The minimum absolute atomic E-state index is 0.124. The maximum absolute atomic E-state index is 12.5. The van der Waals surface area contributed by atoms with Crippen LogP contribution in [-0.2, 0) is 9.53 Å². The standard InChI is InChI=1S/C19H28O4/c1-17-6-5-14-12(13(17)2-3-15(17)21)8-16-19(22)9-11(20)4-7-18(14,19)10-23-16/h11-14,16,20,22H,2-10H2,1H3/t11-,12-,13-,14-,16+,17-,18-,19-/m0/s1. The quantitative estimate of drug-likeness (QED) is 0.717. The van der Waals surface area contributed by atoms with Crippen molar-refractivity contribution in [3.8, 4) is 0 Å². The van der Waals surface area contributed by atoms with Gasteiger partial charge in [-0.05, 0) is 56.3 Å². The van der Waals surface area contributed by atoms with E-state index in [0.717, 1.165) is 44.9 Å². The van der Waals surface area contributed by atoms with E-state index in [1.165, 1.54) is 0 Å². The molecule has 1 heterocycles. The molecule has 4 heteroatoms. The van der Waals surface area contributed by atoms with Gasteiger partial charge in [0.2, 0.25) is 0 Å². The van der Waals surface area contributed by atoms with Gasteiger partial charge < -0.3 is 14.9 Å². The van der Waals surface area contributed by atoms with Gasteiger partial charge in [-0.15, -0.1) is 0 Å². The predicted molar refractivity (Wildman–Crippen MR) is 83.6 cm³/mol. The summed E-state index contributed by atoms with van der Waals surface area (Å²) in [5.74, 6) is 1.92.